The van der Waals surface area contributed by atoms with Crippen molar-refractivity contribution < 1.29 is 14.6 Å². The minimum absolute atomic E-state index is 0.207. The smallest absolute Gasteiger partial charge is 0.368 e. The predicted molar refractivity (Wildman–Crippen MR) is 74.6 cm³/mol. The summed E-state index contributed by atoms with van der Waals surface area (Å²) in [6.07, 6.45) is 0.954. The Morgan fingerprint density at radius 1 is 1.19 bits per heavy atom. The maximum atomic E-state index is 11.0. The van der Waals surface area contributed by atoms with Gasteiger partial charge in [-0.15, -0.1) is 0 Å². The lowest BCUT2D eigenvalue weighted by molar-refractivity contribution is -0.387. The van der Waals surface area contributed by atoms with E-state index in [4.69, 9.17) is 16.3 Å². The lowest BCUT2D eigenvalue weighted by atomic mass is 10.3. The average molecular weight is 376 g/mol. The molecule has 0 fully saturated rings. The number of aromatic nitrogens is 2. The Morgan fingerprint density at radius 3 is 2.52 bits per heavy atom. The van der Waals surface area contributed by atoms with E-state index >= 15 is 0 Å². The van der Waals surface area contributed by atoms with Crippen molar-refractivity contribution in [3.63, 3.8) is 0 Å². The molecule has 0 bridgehead atoms. The summed E-state index contributed by atoms with van der Waals surface area (Å²) in [5.74, 6) is -0.688. The van der Waals surface area contributed by atoms with Crippen LogP contribution in [0.1, 0.15) is 0 Å². The zero-order valence-corrected chi connectivity index (χ0v) is 12.2. The molecule has 11 heteroatoms. The van der Waals surface area contributed by atoms with Gasteiger partial charge in [-0.2, -0.15) is 4.98 Å². The molecular formula is C10H4BrClN4O5. The zero-order chi connectivity index (χ0) is 15.6. The Balaban J connectivity index is 2.51. The standard InChI is InChI=1S/C10H4BrClN4O5/c11-5-1-2-7(6(3-5)15(17)18)21-10-8(16(19)20)9(12)13-4-14-10/h1-4H. The average Bonchev–Trinajstić information content (AvgIpc) is 2.40. The molecule has 0 aliphatic carbocycles. The maximum absolute atomic E-state index is 11.0. The minimum Gasteiger partial charge on any atom is -0.426 e. The van der Waals surface area contributed by atoms with E-state index in [1.54, 1.807) is 0 Å². The number of hydrogen-bond donors (Lipinski definition) is 0. The number of nitrogens with zero attached hydrogens (tertiary/aromatic N) is 4. The Hall–Kier alpha value is -2.33. The Morgan fingerprint density at radius 2 is 1.90 bits per heavy atom. The summed E-state index contributed by atoms with van der Waals surface area (Å²) < 4.78 is 5.61. The van der Waals surface area contributed by atoms with Crippen LogP contribution < -0.4 is 4.74 Å². The van der Waals surface area contributed by atoms with Crippen LogP contribution in [-0.2, 0) is 0 Å². The number of ether oxygens (including phenoxy) is 1. The number of benzene rings is 1. The first-order chi connectivity index (χ1) is 9.90. The molecule has 1 aromatic heterocycles. The molecule has 1 heterocycles. The lowest BCUT2D eigenvalue weighted by Crippen LogP contribution is -2.00. The van der Waals surface area contributed by atoms with Crippen molar-refractivity contribution in [2.75, 3.05) is 0 Å². The van der Waals surface area contributed by atoms with Crippen LogP contribution in [0.4, 0.5) is 11.4 Å². The van der Waals surface area contributed by atoms with Crippen LogP contribution in [0.3, 0.4) is 0 Å². The van der Waals surface area contributed by atoms with Crippen LogP contribution in [0.2, 0.25) is 5.15 Å². The molecule has 0 amide bonds. The molecule has 0 spiro atoms. The van der Waals surface area contributed by atoms with Crippen molar-refractivity contribution in [3.05, 3.63) is 54.4 Å². The molecule has 0 N–H and O–H groups in total. The molecule has 0 aliphatic rings. The molecule has 0 radical (unpaired) electrons. The second-order valence-electron chi connectivity index (χ2n) is 3.55. The first-order valence-electron chi connectivity index (χ1n) is 5.17. The van der Waals surface area contributed by atoms with Gasteiger partial charge < -0.3 is 4.74 Å². The molecule has 1 aromatic carbocycles. The molecular weight excluding hydrogens is 371 g/mol. The monoisotopic (exact) mass is 374 g/mol. The van der Waals surface area contributed by atoms with Crippen molar-refractivity contribution in [1.29, 1.82) is 0 Å². The lowest BCUT2D eigenvalue weighted by Gasteiger charge is -2.06. The highest BCUT2D eigenvalue weighted by atomic mass is 79.9. The molecule has 0 aliphatic heterocycles. The number of halogens is 2. The van der Waals surface area contributed by atoms with E-state index in [2.05, 4.69) is 25.9 Å². The third-order valence-corrected chi connectivity index (χ3v) is 3.02. The van der Waals surface area contributed by atoms with Gasteiger partial charge in [0.25, 0.3) is 0 Å². The number of nitro benzene ring substituents is 1. The quantitative estimate of drug-likeness (QED) is 0.455. The van der Waals surface area contributed by atoms with Crippen molar-refractivity contribution in [2.45, 2.75) is 0 Å². The molecule has 9 nitrogen and oxygen atoms in total. The van der Waals surface area contributed by atoms with E-state index in [1.807, 2.05) is 0 Å². The minimum atomic E-state index is -0.831. The van der Waals surface area contributed by atoms with Gasteiger partial charge in [-0.3, -0.25) is 20.2 Å². The van der Waals surface area contributed by atoms with Crippen molar-refractivity contribution in [1.82, 2.24) is 9.97 Å². The summed E-state index contributed by atoms with van der Waals surface area (Å²) >= 11 is 8.69. The van der Waals surface area contributed by atoms with Gasteiger partial charge in [0, 0.05) is 10.5 Å². The van der Waals surface area contributed by atoms with E-state index in [0.717, 1.165) is 6.33 Å². The topological polar surface area (TPSA) is 121 Å². The summed E-state index contributed by atoms with van der Waals surface area (Å²) in [6.45, 7) is 0. The second kappa shape index (κ2) is 5.97. The van der Waals surface area contributed by atoms with Crippen LogP contribution in [0.15, 0.2) is 29.0 Å². The van der Waals surface area contributed by atoms with Gasteiger partial charge in [0.15, 0.2) is 0 Å². The van der Waals surface area contributed by atoms with Crippen LogP contribution in [0.5, 0.6) is 11.6 Å². The van der Waals surface area contributed by atoms with Crippen LogP contribution in [0.25, 0.3) is 0 Å². The van der Waals surface area contributed by atoms with Gasteiger partial charge in [-0.05, 0) is 12.1 Å². The van der Waals surface area contributed by atoms with Gasteiger partial charge in [0.2, 0.25) is 10.9 Å². The molecule has 108 valence electrons. The first kappa shape index (κ1) is 15.1. The molecule has 2 rings (SSSR count). The fourth-order valence-electron chi connectivity index (χ4n) is 1.39. The fraction of sp³-hybridized carbons (Fsp3) is 0. The fourth-order valence-corrected chi connectivity index (χ4v) is 1.94. The van der Waals surface area contributed by atoms with Crippen molar-refractivity contribution >= 4 is 38.9 Å². The molecule has 0 saturated carbocycles. The maximum Gasteiger partial charge on any atom is 0.368 e. The molecule has 0 saturated heterocycles. The van der Waals surface area contributed by atoms with E-state index in [1.165, 1.54) is 18.2 Å². The largest absolute Gasteiger partial charge is 0.426 e. The van der Waals surface area contributed by atoms with E-state index < -0.39 is 26.6 Å². The Bertz CT molecular complexity index is 741. The van der Waals surface area contributed by atoms with Gasteiger partial charge in [-0.25, -0.2) is 4.98 Å². The normalized spacial score (nSPS) is 10.2. The third kappa shape index (κ3) is 3.23. The summed E-state index contributed by atoms with van der Waals surface area (Å²) in [4.78, 5) is 27.4. The van der Waals surface area contributed by atoms with Crippen molar-refractivity contribution in [3.8, 4) is 11.6 Å². The first-order valence-corrected chi connectivity index (χ1v) is 6.34. The highest BCUT2D eigenvalue weighted by Crippen LogP contribution is 2.38. The van der Waals surface area contributed by atoms with E-state index in [9.17, 15) is 20.2 Å². The van der Waals surface area contributed by atoms with Gasteiger partial charge in [-0.1, -0.05) is 27.5 Å². The van der Waals surface area contributed by atoms with Gasteiger partial charge >= 0.3 is 17.3 Å². The number of hydrogen-bond acceptors (Lipinski definition) is 7. The molecule has 0 atom stereocenters. The highest BCUT2D eigenvalue weighted by molar-refractivity contribution is 9.10. The second-order valence-corrected chi connectivity index (χ2v) is 4.82. The third-order valence-electron chi connectivity index (χ3n) is 2.25. The van der Waals surface area contributed by atoms with E-state index in [-0.39, 0.29) is 11.4 Å². The summed E-state index contributed by atoms with van der Waals surface area (Å²) in [5, 5.41) is 21.5. The molecule has 2 aromatic rings. The van der Waals surface area contributed by atoms with E-state index in [0.29, 0.717) is 4.47 Å². The van der Waals surface area contributed by atoms with Gasteiger partial charge in [0.05, 0.1) is 9.85 Å². The zero-order valence-electron chi connectivity index (χ0n) is 9.90. The summed E-state index contributed by atoms with van der Waals surface area (Å²) in [6, 6.07) is 3.96. The van der Waals surface area contributed by atoms with Crippen LogP contribution in [-0.4, -0.2) is 19.8 Å². The van der Waals surface area contributed by atoms with Crippen LogP contribution >= 0.6 is 27.5 Å². The Kier molecular flexibility index (Phi) is 4.29. The summed E-state index contributed by atoms with van der Waals surface area (Å²) in [7, 11) is 0. The van der Waals surface area contributed by atoms with Gasteiger partial charge in [0.1, 0.15) is 6.33 Å². The molecule has 21 heavy (non-hydrogen) atoms. The number of nitro groups is 2. The summed E-state index contributed by atoms with van der Waals surface area (Å²) in [5.41, 5.74) is -1.05. The number of rotatable bonds is 4. The molecule has 0 unspecified atom stereocenters. The van der Waals surface area contributed by atoms with Crippen LogP contribution in [0, 0.1) is 20.2 Å². The Labute approximate surface area is 130 Å². The highest BCUT2D eigenvalue weighted by Gasteiger charge is 2.26. The SMILES string of the molecule is O=[N+]([O-])c1cc(Br)ccc1Oc1ncnc(Cl)c1[N+](=O)[O-]. The predicted octanol–water partition coefficient (Wildman–Crippen LogP) is 3.50. The van der Waals surface area contributed by atoms with Crippen molar-refractivity contribution in [2.24, 2.45) is 0 Å².